The van der Waals surface area contributed by atoms with Crippen LogP contribution in [0.25, 0.3) is 0 Å². The monoisotopic (exact) mass is 526 g/mol. The van der Waals surface area contributed by atoms with Crippen molar-refractivity contribution in [1.29, 1.82) is 0 Å². The summed E-state index contributed by atoms with van der Waals surface area (Å²) in [5, 5.41) is 13.0. The van der Waals surface area contributed by atoms with Crippen molar-refractivity contribution in [3.8, 4) is 5.75 Å². The van der Waals surface area contributed by atoms with Gasteiger partial charge in [-0.05, 0) is 61.4 Å². The maximum atomic E-state index is 13.8. The first-order valence-corrected chi connectivity index (χ1v) is 13.7. The number of aromatic hydroxyl groups is 1. The zero-order valence-electron chi connectivity index (χ0n) is 22.1. The second-order valence-corrected chi connectivity index (χ2v) is 10.3. The van der Waals surface area contributed by atoms with Gasteiger partial charge in [0.2, 0.25) is 5.91 Å². The number of benzene rings is 3. The molecule has 2 N–H and O–H groups in total. The Balaban J connectivity index is 1.33. The molecule has 1 heterocycles. The first-order valence-electron chi connectivity index (χ1n) is 13.7. The van der Waals surface area contributed by atoms with Gasteiger partial charge in [0.25, 0.3) is 5.91 Å². The van der Waals surface area contributed by atoms with Gasteiger partial charge in [-0.25, -0.2) is 0 Å². The summed E-state index contributed by atoms with van der Waals surface area (Å²) in [5.74, 6) is -0.933. The van der Waals surface area contributed by atoms with Crippen molar-refractivity contribution in [1.82, 2.24) is 10.2 Å². The highest BCUT2D eigenvalue weighted by Crippen LogP contribution is 2.48. The van der Waals surface area contributed by atoms with E-state index in [1.807, 2.05) is 66.4 Å². The van der Waals surface area contributed by atoms with Gasteiger partial charge in [-0.1, -0.05) is 66.7 Å². The minimum atomic E-state index is -0.953. The normalized spacial score (nSPS) is 21.1. The summed E-state index contributed by atoms with van der Waals surface area (Å²) in [7, 11) is 0. The molecular formula is C32H34N2O5. The number of likely N-dealkylation sites (tertiary alicyclic amines) is 1. The van der Waals surface area contributed by atoms with Crippen LogP contribution in [0.3, 0.4) is 0 Å². The lowest BCUT2D eigenvalue weighted by atomic mass is 9.63. The molecule has 0 aromatic heterocycles. The number of amides is 2. The number of rotatable bonds is 6. The zero-order chi connectivity index (χ0) is 27.4. The summed E-state index contributed by atoms with van der Waals surface area (Å²) in [6.07, 6.45) is 2.29. The van der Waals surface area contributed by atoms with E-state index in [1.165, 1.54) is 6.07 Å². The van der Waals surface area contributed by atoms with Crippen LogP contribution in [0.15, 0.2) is 78.9 Å². The average molecular weight is 527 g/mol. The van der Waals surface area contributed by atoms with Crippen LogP contribution in [0.2, 0.25) is 0 Å². The van der Waals surface area contributed by atoms with Gasteiger partial charge in [0.1, 0.15) is 11.2 Å². The van der Waals surface area contributed by atoms with Crippen molar-refractivity contribution in [3.63, 3.8) is 0 Å². The lowest BCUT2D eigenvalue weighted by molar-refractivity contribution is -0.149. The van der Waals surface area contributed by atoms with Gasteiger partial charge in [0, 0.05) is 19.1 Å². The number of phenols is 1. The highest BCUT2D eigenvalue weighted by molar-refractivity contribution is 5.97. The molecule has 7 nitrogen and oxygen atoms in total. The molecule has 1 saturated heterocycles. The van der Waals surface area contributed by atoms with Gasteiger partial charge >= 0.3 is 5.97 Å². The van der Waals surface area contributed by atoms with Crippen molar-refractivity contribution < 1.29 is 24.2 Å². The molecule has 2 atom stereocenters. The lowest BCUT2D eigenvalue weighted by Gasteiger charge is -2.42. The summed E-state index contributed by atoms with van der Waals surface area (Å²) in [4.78, 5) is 41.9. The summed E-state index contributed by atoms with van der Waals surface area (Å²) >= 11 is 0. The number of carbonyl (C=O) groups excluding carboxylic acids is 3. The van der Waals surface area contributed by atoms with Crippen LogP contribution in [-0.2, 0) is 19.7 Å². The molecule has 1 aliphatic heterocycles. The molecule has 1 fully saturated rings. The van der Waals surface area contributed by atoms with Crippen LogP contribution >= 0.6 is 0 Å². The molecule has 202 valence electrons. The molecule has 2 aliphatic rings. The van der Waals surface area contributed by atoms with Gasteiger partial charge in [-0.3, -0.25) is 14.4 Å². The summed E-state index contributed by atoms with van der Waals surface area (Å²) in [5.41, 5.74) is 1.89. The molecule has 39 heavy (non-hydrogen) atoms. The number of phenolic OH excluding ortho intramolecular Hbond substituents is 1. The molecule has 0 spiro atoms. The Morgan fingerprint density at radius 3 is 2.31 bits per heavy atom. The molecule has 1 aliphatic carbocycles. The SMILES string of the molecule is CCOC(=O)[C@@]1(c2ccccc2)CC[C@H](C(=O)N2CCC(NC(=O)c3ccccc3O)CC2)c2ccccc21. The molecule has 0 bridgehead atoms. The Kier molecular flexibility index (Phi) is 7.68. The van der Waals surface area contributed by atoms with Crippen LogP contribution in [-0.4, -0.2) is 53.5 Å². The summed E-state index contributed by atoms with van der Waals surface area (Å²) in [6.45, 7) is 3.16. The predicted octanol–water partition coefficient (Wildman–Crippen LogP) is 4.54. The van der Waals surface area contributed by atoms with Gasteiger partial charge < -0.3 is 20.1 Å². The number of ether oxygens (including phenoxy) is 1. The second-order valence-electron chi connectivity index (χ2n) is 10.3. The Morgan fingerprint density at radius 1 is 0.923 bits per heavy atom. The molecule has 2 amide bonds. The number of carbonyl (C=O) groups is 3. The number of fused-ring (bicyclic) bond motifs is 1. The topological polar surface area (TPSA) is 95.9 Å². The van der Waals surface area contributed by atoms with Crippen LogP contribution in [0, 0.1) is 0 Å². The van der Waals surface area contributed by atoms with E-state index >= 15 is 0 Å². The van der Waals surface area contributed by atoms with Gasteiger partial charge in [-0.2, -0.15) is 0 Å². The smallest absolute Gasteiger partial charge is 0.321 e. The van der Waals surface area contributed by atoms with E-state index in [0.29, 0.717) is 38.8 Å². The van der Waals surface area contributed by atoms with Gasteiger partial charge in [0.15, 0.2) is 0 Å². The van der Waals surface area contributed by atoms with Gasteiger partial charge in [0.05, 0.1) is 18.1 Å². The largest absolute Gasteiger partial charge is 0.507 e. The molecule has 0 radical (unpaired) electrons. The number of nitrogens with zero attached hydrogens (tertiary/aromatic N) is 1. The number of piperidine rings is 1. The summed E-state index contributed by atoms with van der Waals surface area (Å²) in [6, 6.07) is 23.9. The number of nitrogens with one attached hydrogen (secondary N) is 1. The first kappa shape index (κ1) is 26.5. The highest BCUT2D eigenvalue weighted by Gasteiger charge is 2.50. The van der Waals surface area contributed by atoms with E-state index in [9.17, 15) is 19.5 Å². The number of hydrogen-bond acceptors (Lipinski definition) is 5. The van der Waals surface area contributed by atoms with Crippen LogP contribution in [0.1, 0.15) is 65.6 Å². The Morgan fingerprint density at radius 2 is 1.59 bits per heavy atom. The molecule has 7 heteroatoms. The third-order valence-electron chi connectivity index (χ3n) is 8.08. The van der Waals surface area contributed by atoms with Crippen molar-refractivity contribution in [2.24, 2.45) is 0 Å². The predicted molar refractivity (Wildman–Crippen MR) is 147 cm³/mol. The van der Waals surface area contributed by atoms with Crippen LogP contribution in [0.5, 0.6) is 5.75 Å². The Hall–Kier alpha value is -4.13. The number of hydrogen-bond donors (Lipinski definition) is 2. The molecule has 0 saturated carbocycles. The molecular weight excluding hydrogens is 492 g/mol. The molecule has 0 unspecified atom stereocenters. The second kappa shape index (κ2) is 11.3. The number of esters is 1. The Labute approximate surface area is 228 Å². The third-order valence-corrected chi connectivity index (χ3v) is 8.08. The first-order chi connectivity index (χ1) is 19.0. The van der Waals surface area contributed by atoms with E-state index in [-0.39, 0.29) is 47.7 Å². The fourth-order valence-electron chi connectivity index (χ4n) is 6.10. The number of para-hydroxylation sites is 1. The highest BCUT2D eigenvalue weighted by atomic mass is 16.5. The van der Waals surface area contributed by atoms with E-state index in [0.717, 1.165) is 16.7 Å². The van der Waals surface area contributed by atoms with E-state index in [2.05, 4.69) is 5.32 Å². The Bertz CT molecular complexity index is 1350. The molecule has 5 rings (SSSR count). The average Bonchev–Trinajstić information content (AvgIpc) is 2.97. The zero-order valence-corrected chi connectivity index (χ0v) is 22.1. The quantitative estimate of drug-likeness (QED) is 0.460. The minimum Gasteiger partial charge on any atom is -0.507 e. The standard InChI is InChI=1S/C32H34N2O5/c1-2-39-31(38)32(22-10-4-3-5-11-22)19-16-25(24-12-6-8-14-27(24)32)30(37)34-20-17-23(18-21-34)33-29(36)26-13-7-9-15-28(26)35/h3-15,23,25,35H,2,16-21H2,1H3,(H,33,36)/t25-,32+/m0/s1. The van der Waals surface area contributed by atoms with Crippen LogP contribution < -0.4 is 5.32 Å². The van der Waals surface area contributed by atoms with Gasteiger partial charge in [-0.15, -0.1) is 0 Å². The van der Waals surface area contributed by atoms with Crippen LogP contribution in [0.4, 0.5) is 0 Å². The molecule has 3 aromatic rings. The van der Waals surface area contributed by atoms with E-state index in [1.54, 1.807) is 18.2 Å². The van der Waals surface area contributed by atoms with Crippen molar-refractivity contribution in [3.05, 3.63) is 101 Å². The maximum Gasteiger partial charge on any atom is 0.321 e. The van der Waals surface area contributed by atoms with E-state index in [4.69, 9.17) is 4.74 Å². The van der Waals surface area contributed by atoms with Crippen molar-refractivity contribution in [2.75, 3.05) is 19.7 Å². The third kappa shape index (κ3) is 5.01. The lowest BCUT2D eigenvalue weighted by Crippen LogP contribution is -2.49. The van der Waals surface area contributed by atoms with Crippen molar-refractivity contribution >= 4 is 17.8 Å². The maximum absolute atomic E-state index is 13.8. The fourth-order valence-corrected chi connectivity index (χ4v) is 6.10. The fraction of sp³-hybridized carbons (Fsp3) is 0.344. The van der Waals surface area contributed by atoms with E-state index < -0.39 is 5.41 Å². The summed E-state index contributed by atoms with van der Waals surface area (Å²) < 4.78 is 5.61. The molecule has 3 aromatic carbocycles. The minimum absolute atomic E-state index is 0.0482. The van der Waals surface area contributed by atoms with Crippen molar-refractivity contribution in [2.45, 2.75) is 50.0 Å².